The molecule has 3 rings (SSSR count). The fraction of sp³-hybridized carbons (Fsp3) is 0. The first-order valence-corrected chi connectivity index (χ1v) is 7.05. The molecule has 0 saturated carbocycles. The maximum Gasteiger partial charge on any atom is 0.294 e. The van der Waals surface area contributed by atoms with E-state index in [4.69, 9.17) is 23.2 Å². The molecule has 23 heavy (non-hydrogen) atoms. The first-order valence-electron chi connectivity index (χ1n) is 6.30. The number of hydrogen-bond donors (Lipinski definition) is 1. The van der Waals surface area contributed by atoms with Crippen LogP contribution >= 0.6 is 23.2 Å². The van der Waals surface area contributed by atoms with E-state index in [1.807, 2.05) is 0 Å². The molecule has 116 valence electrons. The van der Waals surface area contributed by atoms with Gasteiger partial charge < -0.3 is 5.32 Å². The Morgan fingerprint density at radius 3 is 2.48 bits per heavy atom. The molecule has 1 heterocycles. The third-order valence-electron chi connectivity index (χ3n) is 2.94. The van der Waals surface area contributed by atoms with Crippen LogP contribution in [-0.2, 0) is 0 Å². The summed E-state index contributed by atoms with van der Waals surface area (Å²) in [6.45, 7) is 0. The smallest absolute Gasteiger partial charge is 0.294 e. The van der Waals surface area contributed by atoms with Gasteiger partial charge in [-0.15, -0.1) is 0 Å². The molecule has 0 aliphatic carbocycles. The molecule has 8 nitrogen and oxygen atoms in total. The van der Waals surface area contributed by atoms with Gasteiger partial charge in [0, 0.05) is 16.1 Å². The van der Waals surface area contributed by atoms with Crippen molar-refractivity contribution in [2.24, 2.45) is 0 Å². The van der Waals surface area contributed by atoms with Gasteiger partial charge in [-0.1, -0.05) is 28.3 Å². The number of nitro groups is 1. The van der Waals surface area contributed by atoms with Gasteiger partial charge in [-0.3, -0.25) is 10.1 Å². The fourth-order valence-corrected chi connectivity index (χ4v) is 2.20. The van der Waals surface area contributed by atoms with Gasteiger partial charge in [0.2, 0.25) is 0 Å². The van der Waals surface area contributed by atoms with Crippen molar-refractivity contribution in [3.05, 3.63) is 62.6 Å². The van der Waals surface area contributed by atoms with Crippen LogP contribution in [0.5, 0.6) is 0 Å². The van der Waals surface area contributed by atoms with Crippen molar-refractivity contribution in [2.75, 3.05) is 5.32 Å². The lowest BCUT2D eigenvalue weighted by Crippen LogP contribution is -2.05. The standard InChI is InChI=1S/C13H8Cl2N6O2/c14-8-1-4-10(5-2-8)20-13(17-18-19-20)16-11-6-3-9(15)7-12(11)21(22)23/h1-7H,(H,16,17,19). The molecule has 1 aromatic heterocycles. The molecule has 0 spiro atoms. The number of halogens is 2. The molecule has 10 heteroatoms. The lowest BCUT2D eigenvalue weighted by atomic mass is 10.2. The average molecular weight is 351 g/mol. The molecule has 0 saturated heterocycles. The summed E-state index contributed by atoms with van der Waals surface area (Å²) < 4.78 is 1.40. The van der Waals surface area contributed by atoms with Crippen molar-refractivity contribution in [1.82, 2.24) is 20.2 Å². The number of nitrogens with one attached hydrogen (secondary N) is 1. The Balaban J connectivity index is 1.98. The van der Waals surface area contributed by atoms with Gasteiger partial charge in [-0.25, -0.2) is 0 Å². The van der Waals surface area contributed by atoms with Crippen LogP contribution in [0.15, 0.2) is 42.5 Å². The Labute approximate surface area is 139 Å². The average Bonchev–Trinajstić information content (AvgIpc) is 2.98. The van der Waals surface area contributed by atoms with E-state index in [0.717, 1.165) is 0 Å². The fourth-order valence-electron chi connectivity index (χ4n) is 1.90. The summed E-state index contributed by atoms with van der Waals surface area (Å²) in [5.41, 5.74) is 0.700. The lowest BCUT2D eigenvalue weighted by Gasteiger charge is -2.08. The van der Waals surface area contributed by atoms with Gasteiger partial charge in [-0.05, 0) is 46.8 Å². The van der Waals surface area contributed by atoms with E-state index in [1.165, 1.54) is 22.9 Å². The predicted octanol–water partition coefficient (Wildman–Crippen LogP) is 3.62. The molecule has 1 N–H and O–H groups in total. The maximum absolute atomic E-state index is 11.1. The minimum atomic E-state index is -0.537. The molecule has 0 atom stereocenters. The Hall–Kier alpha value is -2.71. The summed E-state index contributed by atoms with van der Waals surface area (Å²) in [7, 11) is 0. The van der Waals surface area contributed by atoms with Crippen LogP contribution in [0.25, 0.3) is 5.69 Å². The summed E-state index contributed by atoms with van der Waals surface area (Å²) in [6, 6.07) is 11.1. The summed E-state index contributed by atoms with van der Waals surface area (Å²) in [6.07, 6.45) is 0. The third-order valence-corrected chi connectivity index (χ3v) is 3.43. The van der Waals surface area contributed by atoms with Crippen LogP contribution in [0, 0.1) is 10.1 Å². The molecule has 0 fully saturated rings. The molecule has 0 radical (unpaired) electrons. The predicted molar refractivity (Wildman–Crippen MR) is 85.6 cm³/mol. The molecule has 2 aromatic carbocycles. The highest BCUT2D eigenvalue weighted by Crippen LogP contribution is 2.30. The summed E-state index contributed by atoms with van der Waals surface area (Å²) in [5, 5.41) is 26.1. The number of nitro benzene ring substituents is 1. The number of aromatic nitrogens is 4. The van der Waals surface area contributed by atoms with Crippen molar-refractivity contribution in [3.63, 3.8) is 0 Å². The molecule has 0 bridgehead atoms. The van der Waals surface area contributed by atoms with Crippen molar-refractivity contribution in [3.8, 4) is 5.69 Å². The van der Waals surface area contributed by atoms with E-state index >= 15 is 0 Å². The number of nitrogens with zero attached hydrogens (tertiary/aromatic N) is 5. The van der Waals surface area contributed by atoms with Crippen molar-refractivity contribution in [1.29, 1.82) is 0 Å². The normalized spacial score (nSPS) is 10.5. The van der Waals surface area contributed by atoms with Crippen molar-refractivity contribution < 1.29 is 4.92 Å². The Bertz CT molecular complexity index is 865. The molecule has 0 aliphatic heterocycles. The Morgan fingerprint density at radius 2 is 1.78 bits per heavy atom. The molecule has 3 aromatic rings. The summed E-state index contributed by atoms with van der Waals surface area (Å²) in [4.78, 5) is 10.6. The lowest BCUT2D eigenvalue weighted by molar-refractivity contribution is -0.383. The van der Waals surface area contributed by atoms with Crippen LogP contribution in [0.2, 0.25) is 10.0 Å². The van der Waals surface area contributed by atoms with E-state index < -0.39 is 4.92 Å². The summed E-state index contributed by atoms with van der Waals surface area (Å²) in [5.74, 6) is 0.220. The Morgan fingerprint density at radius 1 is 1.09 bits per heavy atom. The van der Waals surface area contributed by atoms with Gasteiger partial charge in [-0.2, -0.15) is 4.68 Å². The SMILES string of the molecule is O=[N+]([O-])c1cc(Cl)ccc1Nc1nnnn1-c1ccc(Cl)cc1. The van der Waals surface area contributed by atoms with Gasteiger partial charge in [0.05, 0.1) is 10.6 Å². The van der Waals surface area contributed by atoms with Crippen LogP contribution in [0.3, 0.4) is 0 Å². The largest absolute Gasteiger partial charge is 0.317 e. The molecular weight excluding hydrogens is 343 g/mol. The number of benzene rings is 2. The van der Waals surface area contributed by atoms with E-state index in [2.05, 4.69) is 20.8 Å². The second-order valence-corrected chi connectivity index (χ2v) is 5.31. The zero-order chi connectivity index (χ0) is 16.4. The first-order chi connectivity index (χ1) is 11.0. The molecule has 0 unspecified atom stereocenters. The molecular formula is C13H8Cl2N6O2. The van der Waals surface area contributed by atoms with Crippen LogP contribution in [-0.4, -0.2) is 25.1 Å². The number of hydrogen-bond acceptors (Lipinski definition) is 6. The highest BCUT2D eigenvalue weighted by molar-refractivity contribution is 6.31. The van der Waals surface area contributed by atoms with Crippen LogP contribution in [0.4, 0.5) is 17.3 Å². The zero-order valence-electron chi connectivity index (χ0n) is 11.3. The monoisotopic (exact) mass is 350 g/mol. The van der Waals surface area contributed by atoms with Crippen molar-refractivity contribution in [2.45, 2.75) is 0 Å². The topological polar surface area (TPSA) is 98.8 Å². The van der Waals surface area contributed by atoms with Gasteiger partial charge in [0.25, 0.3) is 11.6 Å². The van der Waals surface area contributed by atoms with E-state index in [-0.39, 0.29) is 22.3 Å². The molecule has 0 amide bonds. The number of tetrazole rings is 1. The summed E-state index contributed by atoms with van der Waals surface area (Å²) >= 11 is 11.6. The van der Waals surface area contributed by atoms with E-state index in [1.54, 1.807) is 24.3 Å². The van der Waals surface area contributed by atoms with Crippen molar-refractivity contribution >= 4 is 40.5 Å². The quantitative estimate of drug-likeness (QED) is 0.569. The van der Waals surface area contributed by atoms with Gasteiger partial charge in [0.15, 0.2) is 0 Å². The van der Waals surface area contributed by atoms with E-state index in [0.29, 0.717) is 10.7 Å². The Kier molecular flexibility index (Phi) is 4.09. The number of anilines is 2. The second-order valence-electron chi connectivity index (χ2n) is 4.43. The zero-order valence-corrected chi connectivity index (χ0v) is 12.9. The number of rotatable bonds is 4. The van der Waals surface area contributed by atoms with E-state index in [9.17, 15) is 10.1 Å². The molecule has 0 aliphatic rings. The van der Waals surface area contributed by atoms with Gasteiger partial charge in [0.1, 0.15) is 5.69 Å². The minimum absolute atomic E-state index is 0.178. The maximum atomic E-state index is 11.1. The van der Waals surface area contributed by atoms with Crippen LogP contribution in [0.1, 0.15) is 0 Å². The second kappa shape index (κ2) is 6.19. The first kappa shape index (κ1) is 15.2. The third kappa shape index (κ3) is 3.22. The van der Waals surface area contributed by atoms with Gasteiger partial charge >= 0.3 is 0 Å². The minimum Gasteiger partial charge on any atom is -0.317 e. The highest BCUT2D eigenvalue weighted by Gasteiger charge is 2.17. The van der Waals surface area contributed by atoms with Crippen LogP contribution < -0.4 is 5.32 Å². The highest BCUT2D eigenvalue weighted by atomic mass is 35.5.